The highest BCUT2D eigenvalue weighted by Crippen LogP contribution is 2.27. The normalized spacial score (nSPS) is 14.5. The summed E-state index contributed by atoms with van der Waals surface area (Å²) < 4.78 is 10.5. The Hall–Kier alpha value is -1.92. The number of carbonyl (C=O) groups excluding carboxylic acids is 1. The van der Waals surface area contributed by atoms with Gasteiger partial charge in [0.25, 0.3) is 0 Å². The Balaban J connectivity index is 1.58. The molecule has 1 saturated carbocycles. The van der Waals surface area contributed by atoms with Gasteiger partial charge in [-0.25, -0.2) is 4.98 Å². The van der Waals surface area contributed by atoms with Crippen molar-refractivity contribution < 1.29 is 13.9 Å². The Morgan fingerprint density at radius 2 is 2.33 bits per heavy atom. The van der Waals surface area contributed by atoms with E-state index < -0.39 is 0 Å². The summed E-state index contributed by atoms with van der Waals surface area (Å²) in [5, 5.41) is 6.02. The van der Waals surface area contributed by atoms with Crippen LogP contribution in [0.4, 0.5) is 5.69 Å². The van der Waals surface area contributed by atoms with Crippen LogP contribution in [0.25, 0.3) is 11.1 Å². The molecule has 1 aliphatic rings. The minimum Gasteiger partial charge on any atom is -0.438 e. The summed E-state index contributed by atoms with van der Waals surface area (Å²) in [5.74, 6) is 1.25. The highest BCUT2D eigenvalue weighted by molar-refractivity contribution is 5.94. The summed E-state index contributed by atoms with van der Waals surface area (Å²) >= 11 is 0. The maximum Gasteiger partial charge on any atom is 0.238 e. The number of nitrogens with one attached hydrogen (secondary N) is 2. The first-order valence-electron chi connectivity index (χ1n) is 7.13. The third kappa shape index (κ3) is 3.80. The Morgan fingerprint density at radius 1 is 1.48 bits per heavy atom. The molecule has 1 fully saturated rings. The second kappa shape index (κ2) is 6.24. The summed E-state index contributed by atoms with van der Waals surface area (Å²) in [6.07, 6.45) is 2.56. The summed E-state index contributed by atoms with van der Waals surface area (Å²) in [6, 6.07) is 5.41. The first kappa shape index (κ1) is 14.0. The average Bonchev–Trinajstić information content (AvgIpc) is 3.18. The monoisotopic (exact) mass is 289 g/mol. The third-order valence-corrected chi connectivity index (χ3v) is 3.40. The molecule has 1 aromatic carbocycles. The molecule has 3 rings (SSSR count). The molecule has 0 unspecified atom stereocenters. The van der Waals surface area contributed by atoms with Crippen LogP contribution in [0.3, 0.4) is 0 Å². The highest BCUT2D eigenvalue weighted by Gasteiger charge is 2.20. The van der Waals surface area contributed by atoms with Gasteiger partial charge in [-0.2, -0.15) is 0 Å². The Labute approximate surface area is 122 Å². The van der Waals surface area contributed by atoms with Crippen LogP contribution < -0.4 is 10.6 Å². The van der Waals surface area contributed by atoms with E-state index in [9.17, 15) is 4.79 Å². The Morgan fingerprint density at radius 3 is 3.10 bits per heavy atom. The molecule has 6 heteroatoms. The van der Waals surface area contributed by atoms with E-state index in [1.165, 1.54) is 12.8 Å². The molecule has 1 heterocycles. The fraction of sp³-hybridized carbons (Fsp3) is 0.467. The lowest BCUT2D eigenvalue weighted by Crippen LogP contribution is -2.29. The summed E-state index contributed by atoms with van der Waals surface area (Å²) in [6.45, 7) is 1.60. The number of rotatable bonds is 7. The van der Waals surface area contributed by atoms with Gasteiger partial charge in [0.05, 0.1) is 6.54 Å². The second-order valence-electron chi connectivity index (χ2n) is 5.35. The van der Waals surface area contributed by atoms with E-state index >= 15 is 0 Å². The van der Waals surface area contributed by atoms with Crippen molar-refractivity contribution in [3.63, 3.8) is 0 Å². The van der Waals surface area contributed by atoms with Gasteiger partial charge in [0.15, 0.2) is 5.58 Å². The Bertz CT molecular complexity index is 634. The first-order chi connectivity index (χ1) is 10.2. The van der Waals surface area contributed by atoms with Gasteiger partial charge in [0.2, 0.25) is 11.8 Å². The lowest BCUT2D eigenvalue weighted by Gasteiger charge is -2.05. The molecule has 0 saturated heterocycles. The van der Waals surface area contributed by atoms with Gasteiger partial charge in [-0.15, -0.1) is 0 Å². The molecule has 0 radical (unpaired) electrons. The number of methoxy groups -OCH3 is 1. The summed E-state index contributed by atoms with van der Waals surface area (Å²) in [4.78, 5) is 16.1. The van der Waals surface area contributed by atoms with Gasteiger partial charge in [-0.3, -0.25) is 4.79 Å². The number of oxazole rings is 1. The fourth-order valence-electron chi connectivity index (χ4n) is 2.16. The maximum absolute atomic E-state index is 11.8. The van der Waals surface area contributed by atoms with Gasteiger partial charge in [-0.1, -0.05) is 0 Å². The van der Waals surface area contributed by atoms with Crippen LogP contribution in [-0.2, 0) is 16.1 Å². The van der Waals surface area contributed by atoms with Gasteiger partial charge in [-0.05, 0) is 43.5 Å². The van der Waals surface area contributed by atoms with Crippen molar-refractivity contribution in [2.75, 3.05) is 25.5 Å². The first-order valence-corrected chi connectivity index (χ1v) is 7.13. The molecule has 1 aromatic heterocycles. The van der Waals surface area contributed by atoms with Crippen molar-refractivity contribution in [1.29, 1.82) is 0 Å². The molecule has 21 heavy (non-hydrogen) atoms. The van der Waals surface area contributed by atoms with Crippen molar-refractivity contribution in [1.82, 2.24) is 10.3 Å². The van der Waals surface area contributed by atoms with E-state index in [1.54, 1.807) is 19.2 Å². The van der Waals surface area contributed by atoms with Crippen molar-refractivity contribution in [2.45, 2.75) is 19.4 Å². The van der Waals surface area contributed by atoms with Crippen molar-refractivity contribution in [3.8, 4) is 0 Å². The zero-order valence-corrected chi connectivity index (χ0v) is 12.0. The molecule has 0 aliphatic heterocycles. The number of hydrogen-bond donors (Lipinski definition) is 2. The van der Waals surface area contributed by atoms with Gasteiger partial charge < -0.3 is 19.8 Å². The topological polar surface area (TPSA) is 76.4 Å². The number of nitrogens with zero attached hydrogens (tertiary/aromatic N) is 1. The lowest BCUT2D eigenvalue weighted by molar-refractivity contribution is -0.115. The van der Waals surface area contributed by atoms with Crippen molar-refractivity contribution >= 4 is 22.7 Å². The van der Waals surface area contributed by atoms with E-state index in [4.69, 9.17) is 9.15 Å². The average molecular weight is 289 g/mol. The SMILES string of the molecule is COCc1nc2cc(NC(=O)CNCC3CC3)ccc2o1. The largest absolute Gasteiger partial charge is 0.438 e. The van der Waals surface area contributed by atoms with Crippen LogP contribution in [0, 0.1) is 5.92 Å². The lowest BCUT2D eigenvalue weighted by atomic mass is 10.3. The van der Waals surface area contributed by atoms with Gasteiger partial charge in [0.1, 0.15) is 12.1 Å². The molecule has 2 aromatic rings. The van der Waals surface area contributed by atoms with Crippen molar-refractivity contribution in [2.24, 2.45) is 5.92 Å². The van der Waals surface area contributed by atoms with E-state index in [2.05, 4.69) is 15.6 Å². The minimum absolute atomic E-state index is 0.0457. The minimum atomic E-state index is -0.0457. The fourth-order valence-corrected chi connectivity index (χ4v) is 2.16. The van der Waals surface area contributed by atoms with Crippen LogP contribution in [0.2, 0.25) is 0 Å². The number of hydrogen-bond acceptors (Lipinski definition) is 5. The number of benzene rings is 1. The molecule has 6 nitrogen and oxygen atoms in total. The molecular formula is C15H19N3O3. The highest BCUT2D eigenvalue weighted by atomic mass is 16.5. The number of anilines is 1. The number of ether oxygens (including phenoxy) is 1. The molecule has 1 aliphatic carbocycles. The molecule has 0 spiro atoms. The third-order valence-electron chi connectivity index (χ3n) is 3.40. The molecule has 0 atom stereocenters. The van der Waals surface area contributed by atoms with E-state index in [1.807, 2.05) is 6.07 Å². The van der Waals surface area contributed by atoms with Crippen LogP contribution in [0.1, 0.15) is 18.7 Å². The molecular weight excluding hydrogens is 270 g/mol. The second-order valence-corrected chi connectivity index (χ2v) is 5.35. The van der Waals surface area contributed by atoms with Gasteiger partial charge >= 0.3 is 0 Å². The zero-order chi connectivity index (χ0) is 14.7. The quantitative estimate of drug-likeness (QED) is 0.814. The Kier molecular flexibility index (Phi) is 4.17. The standard InChI is InChI=1S/C15H19N3O3/c1-20-9-15-18-12-6-11(4-5-13(12)21-15)17-14(19)8-16-7-10-2-3-10/h4-6,10,16H,2-3,7-9H2,1H3,(H,17,19). The number of amides is 1. The van der Waals surface area contributed by atoms with E-state index in [0.29, 0.717) is 30.1 Å². The van der Waals surface area contributed by atoms with Crippen LogP contribution >= 0.6 is 0 Å². The number of aromatic nitrogens is 1. The molecule has 0 bridgehead atoms. The van der Waals surface area contributed by atoms with E-state index in [0.717, 1.165) is 18.2 Å². The molecule has 112 valence electrons. The van der Waals surface area contributed by atoms with Crippen LogP contribution in [-0.4, -0.2) is 31.1 Å². The van der Waals surface area contributed by atoms with E-state index in [-0.39, 0.29) is 5.91 Å². The van der Waals surface area contributed by atoms with Crippen LogP contribution in [0.15, 0.2) is 22.6 Å². The van der Waals surface area contributed by atoms with Crippen LogP contribution in [0.5, 0.6) is 0 Å². The summed E-state index contributed by atoms with van der Waals surface area (Å²) in [5.41, 5.74) is 2.12. The smallest absolute Gasteiger partial charge is 0.238 e. The van der Waals surface area contributed by atoms with Gasteiger partial charge in [0, 0.05) is 12.8 Å². The number of fused-ring (bicyclic) bond motifs is 1. The summed E-state index contributed by atoms with van der Waals surface area (Å²) in [7, 11) is 1.59. The predicted molar refractivity (Wildman–Crippen MR) is 78.9 cm³/mol. The predicted octanol–water partition coefficient (Wildman–Crippen LogP) is 1.91. The van der Waals surface area contributed by atoms with Crippen molar-refractivity contribution in [3.05, 3.63) is 24.1 Å². The molecule has 1 amide bonds. The maximum atomic E-state index is 11.8. The molecule has 2 N–H and O–H groups in total. The zero-order valence-electron chi connectivity index (χ0n) is 12.0. The number of carbonyl (C=O) groups is 1.